The number of aromatic nitrogens is 3. The van der Waals surface area contributed by atoms with Gasteiger partial charge in [-0.05, 0) is 31.2 Å². The van der Waals surface area contributed by atoms with Crippen LogP contribution in [0.1, 0.15) is 52.6 Å². The van der Waals surface area contributed by atoms with E-state index in [0.29, 0.717) is 28.2 Å². The highest BCUT2D eigenvalue weighted by molar-refractivity contribution is 7.21. The topological polar surface area (TPSA) is 116 Å². The Labute approximate surface area is 205 Å². The molecule has 8 nitrogen and oxygen atoms in total. The van der Waals surface area contributed by atoms with Crippen LogP contribution in [0.5, 0.6) is 0 Å². The van der Waals surface area contributed by atoms with Crippen molar-refractivity contribution in [3.63, 3.8) is 0 Å². The number of hydrogen-bond acceptors (Lipinski definition) is 6. The smallest absolute Gasteiger partial charge is 0.433 e. The van der Waals surface area contributed by atoms with E-state index in [1.54, 1.807) is 0 Å². The van der Waals surface area contributed by atoms with E-state index in [9.17, 15) is 40.3 Å². The van der Waals surface area contributed by atoms with E-state index < -0.39 is 58.8 Å². The van der Waals surface area contributed by atoms with E-state index in [-0.39, 0.29) is 27.2 Å². The maximum absolute atomic E-state index is 13.5. The lowest BCUT2D eigenvalue weighted by molar-refractivity contribution is -0.140. The summed E-state index contributed by atoms with van der Waals surface area (Å²) in [4.78, 5) is 28.0. The number of fused-ring (bicyclic) bond motifs is 1. The van der Waals surface area contributed by atoms with E-state index in [1.165, 1.54) is 18.4 Å². The fourth-order valence-electron chi connectivity index (χ4n) is 3.51. The van der Waals surface area contributed by atoms with Crippen molar-refractivity contribution in [2.75, 3.05) is 5.32 Å². The summed E-state index contributed by atoms with van der Waals surface area (Å²) in [6.07, 6.45) is -10.1. The van der Waals surface area contributed by atoms with Crippen molar-refractivity contribution in [3.05, 3.63) is 52.5 Å². The van der Waals surface area contributed by atoms with E-state index in [4.69, 9.17) is 10.2 Å². The Balaban J connectivity index is 1.86. The molecule has 3 N–H and O–H groups in total. The van der Waals surface area contributed by atoms with Gasteiger partial charge in [0.15, 0.2) is 0 Å². The van der Waals surface area contributed by atoms with Gasteiger partial charge in [0.1, 0.15) is 38.6 Å². The first-order chi connectivity index (χ1) is 17.3. The summed E-state index contributed by atoms with van der Waals surface area (Å²) in [6.45, 7) is 1.08. The molecule has 0 radical (unpaired) electrons. The first kappa shape index (κ1) is 26.1. The van der Waals surface area contributed by atoms with Crippen molar-refractivity contribution in [1.29, 1.82) is 0 Å². The van der Waals surface area contributed by atoms with Gasteiger partial charge in [-0.2, -0.15) is 18.3 Å². The summed E-state index contributed by atoms with van der Waals surface area (Å²) >= 11 is 0.456. The third-order valence-corrected chi connectivity index (χ3v) is 6.29. The molecular weight excluding hydrogens is 535 g/mol. The molecule has 4 aromatic heterocycles. The first-order valence-electron chi connectivity index (χ1n) is 10.1. The van der Waals surface area contributed by atoms with Crippen LogP contribution in [0.3, 0.4) is 0 Å². The molecule has 16 heteroatoms. The molecule has 0 aromatic carbocycles. The highest BCUT2D eigenvalue weighted by Crippen LogP contribution is 2.44. The van der Waals surface area contributed by atoms with Crippen LogP contribution >= 0.6 is 11.3 Å². The van der Waals surface area contributed by atoms with Gasteiger partial charge in [0.05, 0.1) is 12.0 Å². The first-order valence-corrected chi connectivity index (χ1v) is 11.0. The highest BCUT2D eigenvalue weighted by Gasteiger charge is 2.36. The average molecular weight is 549 g/mol. The Bertz CT molecular complexity index is 1480. The fourth-order valence-corrected chi connectivity index (χ4v) is 4.52. The van der Waals surface area contributed by atoms with Crippen molar-refractivity contribution >= 4 is 39.1 Å². The number of alkyl halides is 7. The fraction of sp³-hybridized carbons (Fsp3) is 0.238. The van der Waals surface area contributed by atoms with Crippen LogP contribution in [-0.2, 0) is 11.0 Å². The van der Waals surface area contributed by atoms with Crippen molar-refractivity contribution in [2.24, 2.45) is 5.73 Å². The molecule has 196 valence electrons. The molecular formula is C21H14F7N5O3S. The van der Waals surface area contributed by atoms with Crippen LogP contribution in [-0.4, -0.2) is 26.6 Å². The quantitative estimate of drug-likeness (QED) is 0.277. The molecule has 0 aliphatic rings. The molecule has 0 saturated heterocycles. The second-order valence-corrected chi connectivity index (χ2v) is 8.59. The van der Waals surface area contributed by atoms with Gasteiger partial charge in [-0.1, -0.05) is 0 Å². The van der Waals surface area contributed by atoms with Gasteiger partial charge in [0.2, 0.25) is 5.91 Å². The molecule has 4 heterocycles. The number of nitrogens with zero attached hydrogens (tertiary/aromatic N) is 3. The minimum atomic E-state index is -4.88. The lowest BCUT2D eigenvalue weighted by Gasteiger charge is -2.16. The van der Waals surface area contributed by atoms with Gasteiger partial charge < -0.3 is 15.5 Å². The molecule has 0 spiro atoms. The molecule has 0 bridgehead atoms. The van der Waals surface area contributed by atoms with Crippen LogP contribution in [0.4, 0.5) is 36.4 Å². The second-order valence-electron chi connectivity index (χ2n) is 7.59. The summed E-state index contributed by atoms with van der Waals surface area (Å²) in [5.41, 5.74) is 1.58. The SMILES string of the molecule is CC(C(=O)Nc1c(C(N)=O)sc2nc(C(F)(F)F)cc(-c3ccco3)c12)n1nc(C(F)F)cc1C(F)F. The number of nitrogens with one attached hydrogen (secondary N) is 1. The number of primary amides is 1. The minimum Gasteiger partial charge on any atom is -0.464 e. The number of hydrogen-bond donors (Lipinski definition) is 2. The number of pyridine rings is 1. The molecule has 0 aliphatic carbocycles. The van der Waals surface area contributed by atoms with Gasteiger partial charge in [-0.15, -0.1) is 11.3 Å². The zero-order valence-electron chi connectivity index (χ0n) is 18.3. The third kappa shape index (κ3) is 4.87. The molecule has 4 aromatic rings. The predicted octanol–water partition coefficient (Wildman–Crippen LogP) is 5.95. The van der Waals surface area contributed by atoms with Gasteiger partial charge in [0.25, 0.3) is 18.8 Å². The monoisotopic (exact) mass is 549 g/mol. The Morgan fingerprint density at radius 3 is 2.41 bits per heavy atom. The zero-order chi connectivity index (χ0) is 27.2. The van der Waals surface area contributed by atoms with E-state index >= 15 is 0 Å². The number of nitrogens with two attached hydrogens (primary N) is 1. The standard InChI is InChI=1S/C21H14F7N5O3S/c1-7(33-10(17(24)25)6-9(32-33)16(22)23)19(35)31-14-13-8(11-3-2-4-36-11)5-12(21(26,27)28)30-20(13)37-15(14)18(29)34/h2-7,16-17H,1H3,(H2,29,34)(H,31,35). The largest absolute Gasteiger partial charge is 0.464 e. The molecule has 1 unspecified atom stereocenters. The number of thiophene rings is 1. The van der Waals surface area contributed by atoms with Crippen LogP contribution in [0.25, 0.3) is 21.5 Å². The Hall–Kier alpha value is -3.95. The number of halogens is 7. The number of carbonyl (C=O) groups is 2. The normalized spacial score (nSPS) is 13.0. The van der Waals surface area contributed by atoms with Crippen molar-refractivity contribution < 1.29 is 44.7 Å². The van der Waals surface area contributed by atoms with Crippen molar-refractivity contribution in [3.8, 4) is 11.3 Å². The average Bonchev–Trinajstić information content (AvgIpc) is 3.55. The van der Waals surface area contributed by atoms with Gasteiger partial charge in [-0.25, -0.2) is 22.5 Å². The lowest BCUT2D eigenvalue weighted by Crippen LogP contribution is -2.27. The summed E-state index contributed by atoms with van der Waals surface area (Å²) in [5, 5.41) is 5.54. The maximum Gasteiger partial charge on any atom is 0.433 e. The minimum absolute atomic E-state index is 0.0658. The van der Waals surface area contributed by atoms with Gasteiger partial charge in [0, 0.05) is 10.9 Å². The van der Waals surface area contributed by atoms with Gasteiger partial charge >= 0.3 is 6.18 Å². The molecule has 1 atom stereocenters. The number of anilines is 1. The van der Waals surface area contributed by atoms with Gasteiger partial charge in [-0.3, -0.25) is 14.3 Å². The molecule has 0 fully saturated rings. The number of furan rings is 1. The molecule has 0 saturated carbocycles. The summed E-state index contributed by atoms with van der Waals surface area (Å²) < 4.78 is 99.0. The summed E-state index contributed by atoms with van der Waals surface area (Å²) in [5.74, 6) is -2.29. The van der Waals surface area contributed by atoms with E-state index in [1.807, 2.05) is 0 Å². The second kappa shape index (κ2) is 9.49. The molecule has 4 rings (SSSR count). The van der Waals surface area contributed by atoms with Crippen LogP contribution < -0.4 is 11.1 Å². The van der Waals surface area contributed by atoms with Crippen LogP contribution in [0.15, 0.2) is 34.9 Å². The lowest BCUT2D eigenvalue weighted by atomic mass is 10.1. The molecule has 2 amide bonds. The number of carbonyl (C=O) groups excluding carboxylic acids is 2. The Morgan fingerprint density at radius 2 is 1.86 bits per heavy atom. The maximum atomic E-state index is 13.5. The van der Waals surface area contributed by atoms with Crippen molar-refractivity contribution in [2.45, 2.75) is 32.0 Å². The Morgan fingerprint density at radius 1 is 1.16 bits per heavy atom. The summed E-state index contributed by atoms with van der Waals surface area (Å²) in [7, 11) is 0. The Kier molecular flexibility index (Phi) is 6.70. The number of rotatable bonds is 7. The molecule has 0 aliphatic heterocycles. The predicted molar refractivity (Wildman–Crippen MR) is 116 cm³/mol. The zero-order valence-corrected chi connectivity index (χ0v) is 19.1. The van der Waals surface area contributed by atoms with E-state index in [2.05, 4.69) is 15.4 Å². The van der Waals surface area contributed by atoms with Crippen molar-refractivity contribution in [1.82, 2.24) is 14.8 Å². The summed E-state index contributed by atoms with van der Waals surface area (Å²) in [6, 6.07) is 2.21. The number of amides is 2. The van der Waals surface area contributed by atoms with Crippen LogP contribution in [0, 0.1) is 0 Å². The highest BCUT2D eigenvalue weighted by atomic mass is 32.1. The van der Waals surface area contributed by atoms with E-state index in [0.717, 1.165) is 6.92 Å². The third-order valence-electron chi connectivity index (χ3n) is 5.19. The molecule has 37 heavy (non-hydrogen) atoms. The van der Waals surface area contributed by atoms with Crippen LogP contribution in [0.2, 0.25) is 0 Å².